The second kappa shape index (κ2) is 6.62. The van der Waals surface area contributed by atoms with Crippen molar-refractivity contribution in [2.75, 3.05) is 18.4 Å². The lowest BCUT2D eigenvalue weighted by Gasteiger charge is -2.04. The van der Waals surface area contributed by atoms with Crippen molar-refractivity contribution < 1.29 is 13.5 Å². The maximum absolute atomic E-state index is 14.0. The fraction of sp³-hybridized carbons (Fsp3) is 0.167. The van der Waals surface area contributed by atoms with Gasteiger partial charge >= 0.3 is 5.76 Å². The lowest BCUT2D eigenvalue weighted by atomic mass is 10.3. The molecule has 0 unspecified atom stereocenters. The zero-order valence-electron chi connectivity index (χ0n) is 12.0. The van der Waals surface area contributed by atoms with Gasteiger partial charge in [0.1, 0.15) is 5.82 Å². The maximum Gasteiger partial charge on any atom is 0.446 e. The van der Waals surface area contributed by atoms with E-state index < -0.39 is 11.6 Å². The molecule has 0 saturated carbocycles. The predicted molar refractivity (Wildman–Crippen MR) is 77.9 cm³/mol. The zero-order valence-corrected chi connectivity index (χ0v) is 12.0. The number of azide groups is 1. The molecule has 3 aromatic rings. The molecule has 3 rings (SSSR count). The molecule has 0 saturated heterocycles. The van der Waals surface area contributed by atoms with E-state index in [0.29, 0.717) is 0 Å². The molecule has 0 bridgehead atoms. The second-order valence-corrected chi connectivity index (χ2v) is 4.40. The summed E-state index contributed by atoms with van der Waals surface area (Å²) in [4.78, 5) is 14.5. The van der Waals surface area contributed by atoms with Gasteiger partial charge in [0.05, 0.1) is 5.69 Å². The Kier molecular flexibility index (Phi) is 4.21. The van der Waals surface area contributed by atoms with Crippen molar-refractivity contribution in [3.63, 3.8) is 0 Å². The molecule has 0 amide bonds. The van der Waals surface area contributed by atoms with E-state index in [2.05, 4.69) is 40.0 Å². The van der Waals surface area contributed by atoms with Crippen LogP contribution in [0.2, 0.25) is 0 Å². The van der Waals surface area contributed by atoms with Crippen LogP contribution in [0.5, 0.6) is 0 Å². The van der Waals surface area contributed by atoms with Gasteiger partial charge in [-0.15, -0.1) is 0 Å². The highest BCUT2D eigenvalue weighted by atomic mass is 19.1. The van der Waals surface area contributed by atoms with E-state index in [1.807, 2.05) is 0 Å². The monoisotopic (exact) mass is 332 g/mol. The van der Waals surface area contributed by atoms with E-state index in [-0.39, 0.29) is 36.1 Å². The molecule has 0 spiro atoms. The van der Waals surface area contributed by atoms with Crippen LogP contribution < -0.4 is 11.1 Å². The van der Waals surface area contributed by atoms with Crippen molar-refractivity contribution in [2.45, 2.75) is 0 Å². The molecule has 0 aliphatic rings. The fourth-order valence-electron chi connectivity index (χ4n) is 1.97. The van der Waals surface area contributed by atoms with E-state index >= 15 is 0 Å². The van der Waals surface area contributed by atoms with Gasteiger partial charge in [0.25, 0.3) is 0 Å². The molecule has 0 aliphatic carbocycles. The second-order valence-electron chi connectivity index (χ2n) is 4.40. The number of benzene rings is 1. The van der Waals surface area contributed by atoms with Crippen molar-refractivity contribution in [1.29, 1.82) is 0 Å². The van der Waals surface area contributed by atoms with Crippen molar-refractivity contribution in [2.24, 2.45) is 5.11 Å². The van der Waals surface area contributed by atoms with E-state index in [9.17, 15) is 9.18 Å². The molecule has 0 aliphatic heterocycles. The van der Waals surface area contributed by atoms with Crippen LogP contribution in [-0.4, -0.2) is 33.1 Å². The lowest BCUT2D eigenvalue weighted by molar-refractivity contribution is 0.309. The third kappa shape index (κ3) is 2.80. The molecule has 11 nitrogen and oxygen atoms in total. The molecule has 0 atom stereocenters. The molecule has 2 aromatic heterocycles. The number of hydrogen-bond acceptors (Lipinski definition) is 8. The van der Waals surface area contributed by atoms with Crippen LogP contribution >= 0.6 is 0 Å². The molecule has 122 valence electrons. The van der Waals surface area contributed by atoms with Crippen molar-refractivity contribution in [1.82, 2.24) is 20.0 Å². The first-order valence-corrected chi connectivity index (χ1v) is 6.63. The Morgan fingerprint density at radius 2 is 2.17 bits per heavy atom. The molecule has 24 heavy (non-hydrogen) atoms. The van der Waals surface area contributed by atoms with Gasteiger partial charge in [0, 0.05) is 18.0 Å². The van der Waals surface area contributed by atoms with Gasteiger partial charge < -0.3 is 5.32 Å². The van der Waals surface area contributed by atoms with Gasteiger partial charge in [-0.25, -0.2) is 18.4 Å². The van der Waals surface area contributed by atoms with E-state index in [1.165, 1.54) is 18.2 Å². The van der Waals surface area contributed by atoms with Gasteiger partial charge in [-0.1, -0.05) is 22.4 Å². The van der Waals surface area contributed by atoms with Crippen LogP contribution in [0.15, 0.2) is 43.3 Å². The molecule has 12 heteroatoms. The van der Waals surface area contributed by atoms with Gasteiger partial charge in [-0.05, 0) is 28.0 Å². The van der Waals surface area contributed by atoms with E-state index in [0.717, 1.165) is 4.57 Å². The van der Waals surface area contributed by atoms with Crippen molar-refractivity contribution in [3.05, 3.63) is 51.1 Å². The van der Waals surface area contributed by atoms with Gasteiger partial charge in [0.2, 0.25) is 11.6 Å². The Morgan fingerprint density at radius 1 is 1.33 bits per heavy atom. The fourth-order valence-corrected chi connectivity index (χ4v) is 1.97. The Morgan fingerprint density at radius 3 is 2.96 bits per heavy atom. The zero-order chi connectivity index (χ0) is 16.9. The van der Waals surface area contributed by atoms with Crippen molar-refractivity contribution >= 4 is 5.82 Å². The first-order valence-electron chi connectivity index (χ1n) is 6.63. The van der Waals surface area contributed by atoms with Gasteiger partial charge in [0.15, 0.2) is 5.69 Å². The van der Waals surface area contributed by atoms with Crippen LogP contribution in [0.25, 0.3) is 27.6 Å². The lowest BCUT2D eigenvalue weighted by Crippen LogP contribution is -2.15. The molecular weight excluding hydrogens is 323 g/mol. The van der Waals surface area contributed by atoms with Crippen LogP contribution in [0, 0.1) is 5.82 Å². The highest BCUT2D eigenvalue weighted by molar-refractivity contribution is 5.66. The van der Waals surface area contributed by atoms with E-state index in [4.69, 9.17) is 5.53 Å². The van der Waals surface area contributed by atoms with Gasteiger partial charge in [-0.3, -0.25) is 4.52 Å². The summed E-state index contributed by atoms with van der Waals surface area (Å²) in [5.74, 6) is -1.48. The SMILES string of the molecule is [N-]=[N+]=NCCNc1nonc1-c1noc(=O)n1-c1ccccc1F. The summed E-state index contributed by atoms with van der Waals surface area (Å²) in [6, 6.07) is 5.62. The number of halogens is 1. The Bertz CT molecular complexity index is 955. The third-order valence-electron chi connectivity index (χ3n) is 2.97. The first kappa shape index (κ1) is 15.2. The van der Waals surface area contributed by atoms with Crippen molar-refractivity contribution in [3.8, 4) is 17.2 Å². The molecular formula is C12H9FN8O3. The molecule has 1 N–H and O–H groups in total. The summed E-state index contributed by atoms with van der Waals surface area (Å²) < 4.78 is 24.1. The predicted octanol–water partition coefficient (Wildman–Crippen LogP) is 1.74. The minimum absolute atomic E-state index is 0.0463. The van der Waals surface area contributed by atoms with Crippen LogP contribution in [0.1, 0.15) is 0 Å². The number of aromatic nitrogens is 4. The molecule has 2 heterocycles. The number of anilines is 1. The number of hydrogen-bond donors (Lipinski definition) is 1. The Labute approximate surface area is 132 Å². The average Bonchev–Trinajstić information content (AvgIpc) is 3.18. The van der Waals surface area contributed by atoms with Gasteiger partial charge in [-0.2, -0.15) is 0 Å². The summed E-state index contributed by atoms with van der Waals surface area (Å²) in [5, 5.41) is 17.1. The van der Waals surface area contributed by atoms with Crippen LogP contribution in [-0.2, 0) is 0 Å². The number of nitrogens with one attached hydrogen (secondary N) is 1. The van der Waals surface area contributed by atoms with Crippen LogP contribution in [0.4, 0.5) is 10.2 Å². The normalized spacial score (nSPS) is 10.4. The van der Waals surface area contributed by atoms with E-state index in [1.54, 1.807) is 6.07 Å². The highest BCUT2D eigenvalue weighted by Gasteiger charge is 2.23. The summed E-state index contributed by atoms with van der Waals surface area (Å²) in [6.45, 7) is 0.398. The molecule has 0 fully saturated rings. The standard InChI is InChI=1S/C12H9FN8O3/c13-7-3-1-2-4-8(7)21-11(19-23-12(21)22)9-10(18-24-17-9)15-5-6-16-20-14/h1-4H,5-6H2,(H,15,18). The third-order valence-corrected chi connectivity index (χ3v) is 2.97. The quantitative estimate of drug-likeness (QED) is 0.313. The summed E-state index contributed by atoms with van der Waals surface area (Å²) >= 11 is 0. The topological polar surface area (TPSA) is 148 Å². The average molecular weight is 332 g/mol. The Hall–Kier alpha value is -3.66. The minimum atomic E-state index is -0.891. The smallest absolute Gasteiger partial charge is 0.365 e. The summed E-state index contributed by atoms with van der Waals surface area (Å²) in [7, 11) is 0. The van der Waals surface area contributed by atoms with Crippen LogP contribution in [0.3, 0.4) is 0 Å². The molecule has 1 aromatic carbocycles. The highest BCUT2D eigenvalue weighted by Crippen LogP contribution is 2.24. The number of para-hydroxylation sites is 1. The number of nitrogens with zero attached hydrogens (tertiary/aromatic N) is 7. The largest absolute Gasteiger partial charge is 0.446 e. The summed E-state index contributed by atoms with van der Waals surface area (Å²) in [5.41, 5.74) is 8.23. The summed E-state index contributed by atoms with van der Waals surface area (Å²) in [6.07, 6.45) is 0. The maximum atomic E-state index is 14.0. The minimum Gasteiger partial charge on any atom is -0.365 e. The first-order chi connectivity index (χ1) is 11.7. The molecule has 0 radical (unpaired) electrons. The Balaban J connectivity index is 2.01. The number of rotatable bonds is 6.